The summed E-state index contributed by atoms with van der Waals surface area (Å²) < 4.78 is 11.9. The zero-order chi connectivity index (χ0) is 49.4. The fraction of sp³-hybridized carbons (Fsp3) is 0.345. The number of nitrogens with two attached hydrogens (primary N) is 1. The van der Waals surface area contributed by atoms with E-state index in [0.29, 0.717) is 24.3 Å². The minimum Gasteiger partial charge on any atom is -0.508 e. The number of anilines is 1. The van der Waals surface area contributed by atoms with E-state index in [4.69, 9.17) is 19.7 Å². The summed E-state index contributed by atoms with van der Waals surface area (Å²) in [6.45, 7) is 24.2. The Hall–Kier alpha value is -6.01. The van der Waals surface area contributed by atoms with Crippen molar-refractivity contribution in [3.63, 3.8) is 0 Å². The molecule has 5 aromatic carbocycles. The van der Waals surface area contributed by atoms with Gasteiger partial charge in [-0.15, -0.1) is 0 Å². The van der Waals surface area contributed by atoms with Gasteiger partial charge >= 0.3 is 0 Å². The summed E-state index contributed by atoms with van der Waals surface area (Å²) in [7, 11) is 0. The Morgan fingerprint density at radius 1 is 0.697 bits per heavy atom. The molecule has 11 heteroatoms. The molecule has 0 aliphatic heterocycles. The molecule has 1 aliphatic rings. The molecule has 0 unspecified atom stereocenters. The first kappa shape index (κ1) is 58.0. The van der Waals surface area contributed by atoms with Crippen LogP contribution in [-0.4, -0.2) is 37.8 Å². The maximum atomic E-state index is 12.4. The molecule has 0 atom stereocenters. The molecule has 6 aromatic rings. The Morgan fingerprint density at radius 3 is 1.61 bits per heavy atom. The number of carbonyl (C=O) groups excluding carboxylic acids is 1. The number of aliphatic hydroxyl groups is 1. The number of aryl methyl sites for hydroxylation is 6. The molecule has 0 fully saturated rings. The quantitative estimate of drug-likeness (QED) is 0.0656. The van der Waals surface area contributed by atoms with Gasteiger partial charge in [0.2, 0.25) is 5.91 Å². The summed E-state index contributed by atoms with van der Waals surface area (Å²) in [6, 6.07) is 27.2. The highest BCUT2D eigenvalue weighted by molar-refractivity contribution is 8.01. The van der Waals surface area contributed by atoms with Gasteiger partial charge in [0.05, 0.1) is 17.4 Å². The Bertz CT molecular complexity index is 2290. The fourth-order valence-electron chi connectivity index (χ4n) is 6.41. The Balaban J connectivity index is 0.000000519. The SMILES string of the molecule is CC.CC.CC.CC.Cc1cc(CCC(=O)Nc2ccc3nc[nH]c3c2)cc(C)c1Oc1ccc(O)cc1.Cc1cc(CCCO)cc(C)c1Oc1ccc(O)cc1.NSC1=CCCC=C1. The number of hydrogen-bond acceptors (Lipinski definition) is 9. The van der Waals surface area contributed by atoms with Crippen molar-refractivity contribution < 1.29 is 29.6 Å². The minimum absolute atomic E-state index is 0.0337. The molecular weight excluding hydrogens is 845 g/mol. The second kappa shape index (κ2) is 33.5. The van der Waals surface area contributed by atoms with Crippen LogP contribution in [0.4, 0.5) is 5.69 Å². The summed E-state index contributed by atoms with van der Waals surface area (Å²) >= 11 is 1.32. The van der Waals surface area contributed by atoms with Crippen LogP contribution in [0.5, 0.6) is 34.5 Å². The first-order valence-corrected chi connectivity index (χ1v) is 24.1. The van der Waals surface area contributed by atoms with E-state index in [1.807, 2.05) is 113 Å². The van der Waals surface area contributed by atoms with Crippen LogP contribution in [-0.2, 0) is 17.6 Å². The van der Waals surface area contributed by atoms with Crippen molar-refractivity contribution in [1.82, 2.24) is 9.97 Å². The van der Waals surface area contributed by atoms with Crippen molar-refractivity contribution in [2.75, 3.05) is 11.9 Å². The molecular formula is C55H76N4O6S. The first-order valence-electron chi connectivity index (χ1n) is 23.2. The van der Waals surface area contributed by atoms with Gasteiger partial charge in [0.15, 0.2) is 0 Å². The summed E-state index contributed by atoms with van der Waals surface area (Å²) in [4.78, 5) is 20.8. The Labute approximate surface area is 399 Å². The third-order valence-corrected chi connectivity index (χ3v) is 9.79. The van der Waals surface area contributed by atoms with E-state index in [0.717, 1.165) is 75.3 Å². The molecule has 1 aromatic heterocycles. The van der Waals surface area contributed by atoms with E-state index in [2.05, 4.69) is 45.6 Å². The molecule has 0 spiro atoms. The zero-order valence-electron chi connectivity index (χ0n) is 41.4. The van der Waals surface area contributed by atoms with Gasteiger partial charge in [0.25, 0.3) is 0 Å². The molecule has 0 radical (unpaired) electrons. The van der Waals surface area contributed by atoms with Gasteiger partial charge in [-0.25, -0.2) is 4.98 Å². The van der Waals surface area contributed by atoms with Crippen LogP contribution < -0.4 is 19.9 Å². The average Bonchev–Trinajstić information content (AvgIpc) is 3.83. The highest BCUT2D eigenvalue weighted by Crippen LogP contribution is 2.32. The standard InChI is InChI=1S/C24H23N3O3.C17H20O3.C6H9NS.4C2H6/c1-15-11-17(12-16(2)24(15)30-20-7-5-19(28)6-8-20)3-10-23(29)27-18-4-9-21-22(13-18)26-14-25-21;1-12-10-14(4-3-9-18)11-13(2)17(12)20-16-7-5-15(19)6-8-16;7-8-6-4-2-1-3-5-6;4*1-2/h4-9,11-14,28H,3,10H2,1-2H3,(H,25,26)(H,27,29);5-8,10-11,18-19H,3-4,9H2,1-2H3;2,4-5H,1,3,7H2;4*1-2H3. The number of nitrogens with zero attached hydrogens (tertiary/aromatic N) is 1. The van der Waals surface area contributed by atoms with Crippen molar-refractivity contribution in [3.8, 4) is 34.5 Å². The Morgan fingerprint density at radius 2 is 1.18 bits per heavy atom. The van der Waals surface area contributed by atoms with E-state index in [-0.39, 0.29) is 24.0 Å². The minimum atomic E-state index is -0.0337. The third-order valence-electron chi connectivity index (χ3n) is 9.22. The lowest BCUT2D eigenvalue weighted by atomic mass is 10.0. The van der Waals surface area contributed by atoms with E-state index in [1.165, 1.54) is 28.8 Å². The number of imidazole rings is 1. The molecule has 1 aliphatic carbocycles. The number of benzene rings is 5. The van der Waals surface area contributed by atoms with Gasteiger partial charge < -0.3 is 35.1 Å². The number of aromatic nitrogens is 2. The fourth-order valence-corrected chi connectivity index (χ4v) is 6.80. The summed E-state index contributed by atoms with van der Waals surface area (Å²) in [5, 5.41) is 35.8. The molecule has 66 heavy (non-hydrogen) atoms. The smallest absolute Gasteiger partial charge is 0.224 e. The summed E-state index contributed by atoms with van der Waals surface area (Å²) in [5.74, 6) is 3.41. The van der Waals surface area contributed by atoms with Gasteiger partial charge in [-0.05, 0) is 172 Å². The summed E-state index contributed by atoms with van der Waals surface area (Å²) in [6.07, 6.45) is 13.0. The monoisotopic (exact) mass is 921 g/mol. The number of allylic oxidation sites excluding steroid dienone is 3. The van der Waals surface area contributed by atoms with Gasteiger partial charge in [-0.2, -0.15) is 0 Å². The average molecular weight is 921 g/mol. The summed E-state index contributed by atoms with van der Waals surface area (Å²) in [5.41, 5.74) is 8.97. The largest absolute Gasteiger partial charge is 0.508 e. The first-order chi connectivity index (χ1) is 32.0. The second-order valence-corrected chi connectivity index (χ2v) is 14.7. The number of aliphatic hydroxyl groups excluding tert-OH is 1. The molecule has 7 N–H and O–H groups in total. The molecule has 1 heterocycles. The van der Waals surface area contributed by atoms with E-state index in [1.54, 1.807) is 54.9 Å². The van der Waals surface area contributed by atoms with Gasteiger partial charge in [-0.1, -0.05) is 97.9 Å². The predicted molar refractivity (Wildman–Crippen MR) is 280 cm³/mol. The number of carbonyl (C=O) groups is 1. The van der Waals surface area contributed by atoms with Crippen LogP contribution in [0.2, 0.25) is 0 Å². The Kier molecular flexibility index (Phi) is 29.4. The molecule has 0 saturated heterocycles. The van der Waals surface area contributed by atoms with Crippen molar-refractivity contribution in [3.05, 3.63) is 154 Å². The number of H-pyrrole nitrogens is 1. The zero-order valence-corrected chi connectivity index (χ0v) is 42.2. The number of ether oxygens (including phenoxy) is 2. The number of phenols is 2. The number of rotatable bonds is 12. The highest BCUT2D eigenvalue weighted by atomic mass is 32.2. The van der Waals surface area contributed by atoms with Crippen LogP contribution in [0, 0.1) is 27.7 Å². The number of phenolic OH excluding ortho intramolecular Hbond substituents is 2. The molecule has 10 nitrogen and oxygen atoms in total. The number of hydrogen-bond donors (Lipinski definition) is 6. The molecule has 0 bridgehead atoms. The predicted octanol–water partition coefficient (Wildman–Crippen LogP) is 14.9. The van der Waals surface area contributed by atoms with Crippen LogP contribution in [0.25, 0.3) is 11.0 Å². The topological polar surface area (TPSA) is 163 Å². The van der Waals surface area contributed by atoms with Crippen LogP contribution in [0.15, 0.2) is 120 Å². The second-order valence-electron chi connectivity index (χ2n) is 14.0. The van der Waals surface area contributed by atoms with E-state index in [9.17, 15) is 15.0 Å². The lowest BCUT2D eigenvalue weighted by Crippen LogP contribution is -2.12. The van der Waals surface area contributed by atoms with Crippen LogP contribution >= 0.6 is 11.9 Å². The molecule has 358 valence electrons. The van der Waals surface area contributed by atoms with Crippen molar-refractivity contribution >= 4 is 34.6 Å². The maximum Gasteiger partial charge on any atom is 0.224 e. The van der Waals surface area contributed by atoms with E-state index >= 15 is 0 Å². The van der Waals surface area contributed by atoms with Crippen LogP contribution in [0.3, 0.4) is 0 Å². The van der Waals surface area contributed by atoms with Crippen molar-refractivity contribution in [2.45, 2.75) is 122 Å². The van der Waals surface area contributed by atoms with E-state index < -0.39 is 0 Å². The molecule has 1 amide bonds. The van der Waals surface area contributed by atoms with Crippen LogP contribution in [0.1, 0.15) is 114 Å². The maximum absolute atomic E-state index is 12.4. The molecule has 7 rings (SSSR count). The normalized spacial score (nSPS) is 10.7. The molecule has 0 saturated carbocycles. The third kappa shape index (κ3) is 20.4. The lowest BCUT2D eigenvalue weighted by molar-refractivity contribution is -0.116. The number of nitrogens with one attached hydrogen (secondary N) is 2. The number of amides is 1. The van der Waals surface area contributed by atoms with Gasteiger partial charge in [0.1, 0.15) is 34.5 Å². The van der Waals surface area contributed by atoms with Crippen molar-refractivity contribution in [1.29, 1.82) is 0 Å². The van der Waals surface area contributed by atoms with Gasteiger partial charge in [-0.3, -0.25) is 9.93 Å². The number of aromatic amines is 1. The number of aromatic hydroxyl groups is 2. The number of fused-ring (bicyclic) bond motifs is 1. The lowest BCUT2D eigenvalue weighted by Gasteiger charge is -2.14. The van der Waals surface area contributed by atoms with Gasteiger partial charge in [0, 0.05) is 23.6 Å². The highest BCUT2D eigenvalue weighted by Gasteiger charge is 2.11. The van der Waals surface area contributed by atoms with Crippen molar-refractivity contribution in [2.24, 2.45) is 5.14 Å².